The third-order valence-electron chi connectivity index (χ3n) is 5.32. The summed E-state index contributed by atoms with van der Waals surface area (Å²) in [4.78, 5) is 14.2. The molecule has 1 fully saturated rings. The summed E-state index contributed by atoms with van der Waals surface area (Å²) < 4.78 is 30.3. The van der Waals surface area contributed by atoms with Gasteiger partial charge in [-0.25, -0.2) is 8.78 Å². The smallest absolute Gasteiger partial charge is 0.255 e. The normalized spacial score (nSPS) is 30.1. The van der Waals surface area contributed by atoms with Gasteiger partial charge in [0.05, 0.1) is 30.0 Å². The summed E-state index contributed by atoms with van der Waals surface area (Å²) in [5.41, 5.74) is 5.91. The van der Waals surface area contributed by atoms with Crippen LogP contribution in [0.5, 0.6) is 0 Å². The van der Waals surface area contributed by atoms with Crippen LogP contribution >= 0.6 is 22.6 Å². The summed E-state index contributed by atoms with van der Waals surface area (Å²) in [7, 11) is 1.45. The molecule has 0 aromatic carbocycles. The van der Waals surface area contributed by atoms with E-state index in [4.69, 9.17) is 10.8 Å². The molecule has 0 spiro atoms. The Hall–Kier alpha value is -1.54. The highest BCUT2D eigenvalue weighted by Gasteiger charge is 2.47. The molecule has 5 atom stereocenters. The molecule has 30 heavy (non-hydrogen) atoms. The lowest BCUT2D eigenvalue weighted by Gasteiger charge is -2.36. The van der Waals surface area contributed by atoms with Gasteiger partial charge in [-0.1, -0.05) is 6.08 Å². The minimum Gasteiger partial charge on any atom is -0.394 e. The van der Waals surface area contributed by atoms with Crippen LogP contribution in [0, 0.1) is 5.92 Å². The van der Waals surface area contributed by atoms with Crippen molar-refractivity contribution in [3.63, 3.8) is 0 Å². The van der Waals surface area contributed by atoms with Crippen molar-refractivity contribution in [2.45, 2.75) is 37.3 Å². The van der Waals surface area contributed by atoms with E-state index in [1.165, 1.54) is 18.0 Å². The Morgan fingerprint density at radius 1 is 1.47 bits per heavy atom. The number of hydrogen-bond donors (Lipinski definition) is 6. The molecule has 2 aliphatic carbocycles. The number of likely N-dealkylation sites (N-methyl/N-ethyl adjacent to an activating group) is 1. The second-order valence-electron chi connectivity index (χ2n) is 7.57. The lowest BCUT2D eigenvalue weighted by atomic mass is 9.97. The number of amides is 1. The average Bonchev–Trinajstić information content (AvgIpc) is 3.43. The Morgan fingerprint density at radius 2 is 2.13 bits per heavy atom. The Kier molecular flexibility index (Phi) is 7.17. The molecule has 1 saturated carbocycles. The zero-order chi connectivity index (χ0) is 22.2. The van der Waals surface area contributed by atoms with Crippen LogP contribution in [0.4, 0.5) is 8.78 Å². The molecule has 1 amide bonds. The quantitative estimate of drug-likeness (QED) is 0.253. The van der Waals surface area contributed by atoms with E-state index in [0.717, 1.165) is 0 Å². The van der Waals surface area contributed by atoms with Crippen molar-refractivity contribution in [2.24, 2.45) is 11.7 Å². The van der Waals surface area contributed by atoms with Gasteiger partial charge in [-0.2, -0.15) is 0 Å². The van der Waals surface area contributed by atoms with Gasteiger partial charge in [0.2, 0.25) is 0 Å². The van der Waals surface area contributed by atoms with Crippen LogP contribution in [-0.4, -0.2) is 70.7 Å². The zero-order valence-electron chi connectivity index (χ0n) is 16.3. The molecule has 8 nitrogen and oxygen atoms in total. The molecule has 166 valence electrons. The predicted octanol–water partition coefficient (Wildman–Crippen LogP) is 0.0362. The van der Waals surface area contributed by atoms with Gasteiger partial charge >= 0.3 is 0 Å². The molecule has 3 aliphatic rings. The SMILES string of the molecule is CN1C([C@H]2CC2N)=C(C(=O)NCC(O)CO)C(NC2CC=C(I)C=C2F)=C(F)C1O. The molecule has 11 heteroatoms. The van der Waals surface area contributed by atoms with Gasteiger partial charge in [-0.3, -0.25) is 4.79 Å². The van der Waals surface area contributed by atoms with Gasteiger partial charge in [-0.05, 0) is 41.5 Å². The molecule has 0 aromatic heterocycles. The van der Waals surface area contributed by atoms with Crippen molar-refractivity contribution in [2.75, 3.05) is 20.2 Å². The number of aliphatic hydroxyl groups excluding tert-OH is 3. The van der Waals surface area contributed by atoms with Crippen LogP contribution in [0.2, 0.25) is 0 Å². The van der Waals surface area contributed by atoms with E-state index in [0.29, 0.717) is 15.7 Å². The topological polar surface area (TPSA) is 131 Å². The average molecular weight is 538 g/mol. The molecule has 0 aromatic rings. The Morgan fingerprint density at radius 3 is 2.70 bits per heavy atom. The largest absolute Gasteiger partial charge is 0.394 e. The van der Waals surface area contributed by atoms with Gasteiger partial charge in [0.25, 0.3) is 5.91 Å². The maximum atomic E-state index is 15.1. The standard InChI is InChI=1S/C19H25F2IN4O4/c1-26-17(10-5-12(10)23)14(18(29)24-6-9(28)7-27)16(15(21)19(26)30)25-13-3-2-8(22)4-11(13)20/h2,4,9-10,12-13,19,25,27-28,30H,3,5-7,23H2,1H3,(H,24,29)/t9?,10-,12?,13?,19?/m0/s1. The third kappa shape index (κ3) is 4.69. The molecule has 7 N–H and O–H groups in total. The molecule has 4 unspecified atom stereocenters. The van der Waals surface area contributed by atoms with Crippen molar-refractivity contribution in [1.82, 2.24) is 15.5 Å². The molecule has 1 aliphatic heterocycles. The predicted molar refractivity (Wildman–Crippen MR) is 114 cm³/mol. The summed E-state index contributed by atoms with van der Waals surface area (Å²) in [6.45, 7) is -0.820. The van der Waals surface area contributed by atoms with Gasteiger partial charge in [-0.15, -0.1) is 0 Å². The number of nitrogens with two attached hydrogens (primary N) is 1. The van der Waals surface area contributed by atoms with E-state index in [9.17, 15) is 19.4 Å². The maximum absolute atomic E-state index is 15.1. The highest BCUT2D eigenvalue weighted by atomic mass is 127. The summed E-state index contributed by atoms with van der Waals surface area (Å²) in [5.74, 6) is -2.53. The summed E-state index contributed by atoms with van der Waals surface area (Å²) in [6.07, 6.45) is 1.02. The fourth-order valence-electron chi connectivity index (χ4n) is 3.50. The summed E-state index contributed by atoms with van der Waals surface area (Å²) in [5, 5.41) is 34.1. The minimum absolute atomic E-state index is 0.0968. The van der Waals surface area contributed by atoms with E-state index in [1.807, 2.05) is 22.6 Å². The first-order chi connectivity index (χ1) is 14.1. The van der Waals surface area contributed by atoms with E-state index < -0.39 is 42.5 Å². The molecule has 1 heterocycles. The Labute approximate surface area is 186 Å². The van der Waals surface area contributed by atoms with Crippen molar-refractivity contribution < 1.29 is 28.9 Å². The van der Waals surface area contributed by atoms with Crippen LogP contribution in [0.3, 0.4) is 0 Å². The first-order valence-corrected chi connectivity index (χ1v) is 10.6. The first kappa shape index (κ1) is 23.1. The highest BCUT2D eigenvalue weighted by molar-refractivity contribution is 14.1. The van der Waals surface area contributed by atoms with E-state index >= 15 is 4.39 Å². The van der Waals surface area contributed by atoms with Gasteiger partial charge in [0.15, 0.2) is 12.1 Å². The second-order valence-corrected chi connectivity index (χ2v) is 8.82. The van der Waals surface area contributed by atoms with Crippen LogP contribution in [0.15, 0.2) is 44.4 Å². The van der Waals surface area contributed by atoms with Crippen molar-refractivity contribution in [3.05, 3.63) is 44.4 Å². The highest BCUT2D eigenvalue weighted by Crippen LogP contribution is 2.44. The number of nitrogens with zero attached hydrogens (tertiary/aromatic N) is 1. The maximum Gasteiger partial charge on any atom is 0.255 e. The van der Waals surface area contributed by atoms with Crippen LogP contribution in [-0.2, 0) is 4.79 Å². The fourth-order valence-corrected chi connectivity index (χ4v) is 4.05. The zero-order valence-corrected chi connectivity index (χ0v) is 18.4. The summed E-state index contributed by atoms with van der Waals surface area (Å²) in [6, 6.07) is -1.15. The van der Waals surface area contributed by atoms with E-state index in [-0.39, 0.29) is 36.2 Å². The molecule has 3 rings (SSSR count). The Bertz CT molecular complexity index is 844. The molecular weight excluding hydrogens is 513 g/mol. The van der Waals surface area contributed by atoms with Crippen molar-refractivity contribution in [1.29, 1.82) is 0 Å². The van der Waals surface area contributed by atoms with Crippen LogP contribution in [0.1, 0.15) is 12.8 Å². The summed E-state index contributed by atoms with van der Waals surface area (Å²) >= 11 is 1.97. The fraction of sp³-hybridized carbons (Fsp3) is 0.526. The number of nitrogens with one attached hydrogen (secondary N) is 2. The van der Waals surface area contributed by atoms with Crippen molar-refractivity contribution >= 4 is 28.5 Å². The first-order valence-electron chi connectivity index (χ1n) is 9.52. The Balaban J connectivity index is 1.98. The number of allylic oxidation sites excluding steroid dienone is 2. The van der Waals surface area contributed by atoms with Crippen LogP contribution in [0.25, 0.3) is 0 Å². The lowest BCUT2D eigenvalue weighted by molar-refractivity contribution is -0.118. The lowest BCUT2D eigenvalue weighted by Crippen LogP contribution is -2.46. The molecule has 0 bridgehead atoms. The number of aliphatic hydroxyl groups is 3. The number of rotatable bonds is 7. The van der Waals surface area contributed by atoms with Gasteiger partial charge < -0.3 is 36.6 Å². The van der Waals surface area contributed by atoms with Crippen LogP contribution < -0.4 is 16.4 Å². The van der Waals surface area contributed by atoms with Gasteiger partial charge in [0, 0.05) is 34.8 Å². The minimum atomic E-state index is -1.65. The monoisotopic (exact) mass is 538 g/mol. The number of carbonyl (C=O) groups is 1. The molecule has 0 radical (unpaired) electrons. The number of carbonyl (C=O) groups excluding carboxylic acids is 1. The van der Waals surface area contributed by atoms with E-state index in [1.54, 1.807) is 6.08 Å². The van der Waals surface area contributed by atoms with Gasteiger partial charge in [0.1, 0.15) is 5.83 Å². The number of halogens is 3. The number of hydrogen-bond acceptors (Lipinski definition) is 7. The van der Waals surface area contributed by atoms with Crippen molar-refractivity contribution in [3.8, 4) is 0 Å². The van der Waals surface area contributed by atoms with E-state index in [2.05, 4.69) is 10.6 Å². The molecule has 0 saturated heterocycles. The molecular formula is C19H25F2IN4O4. The second kappa shape index (κ2) is 9.30. The third-order valence-corrected chi connectivity index (χ3v) is 6.07.